The molecule has 0 bridgehead atoms. The summed E-state index contributed by atoms with van der Waals surface area (Å²) >= 11 is 0. The van der Waals surface area contributed by atoms with Crippen molar-refractivity contribution < 1.29 is 9.84 Å². The van der Waals surface area contributed by atoms with Crippen LogP contribution in [0.4, 0.5) is 11.4 Å². The fraction of sp³-hybridized carbons (Fsp3) is 0.806. The SMILES string of the molecule is CCOC[C@@]1(O)CC[C@H]2[C@H](CC[C@@H]3[C@@H]2CC[C@]2(C)[C@@H]([C@@H](CC)Nc4cccc(NC)c4)CC[C@@H]32)C1. The minimum Gasteiger partial charge on any atom is -0.388 e. The molecule has 4 saturated carbocycles. The van der Waals surface area contributed by atoms with Gasteiger partial charge >= 0.3 is 0 Å². The zero-order chi connectivity index (χ0) is 24.6. The Morgan fingerprint density at radius 1 is 1.00 bits per heavy atom. The maximum atomic E-state index is 11.2. The number of fused-ring (bicyclic) bond motifs is 5. The van der Waals surface area contributed by atoms with Crippen molar-refractivity contribution in [3.8, 4) is 0 Å². The number of anilines is 2. The van der Waals surface area contributed by atoms with Crippen molar-refractivity contribution in [3.05, 3.63) is 24.3 Å². The lowest BCUT2D eigenvalue weighted by Gasteiger charge is -2.57. The number of benzene rings is 1. The molecule has 0 radical (unpaired) electrons. The Morgan fingerprint density at radius 2 is 1.80 bits per heavy atom. The van der Waals surface area contributed by atoms with Crippen molar-refractivity contribution in [1.82, 2.24) is 0 Å². The molecule has 0 spiro atoms. The lowest BCUT2D eigenvalue weighted by atomic mass is 9.48. The van der Waals surface area contributed by atoms with Gasteiger partial charge < -0.3 is 20.5 Å². The molecular weight excluding hydrogens is 432 g/mol. The van der Waals surface area contributed by atoms with Crippen LogP contribution < -0.4 is 10.6 Å². The Labute approximate surface area is 214 Å². The maximum Gasteiger partial charge on any atom is 0.0883 e. The van der Waals surface area contributed by atoms with E-state index in [1.807, 2.05) is 14.0 Å². The minimum atomic E-state index is -0.573. The van der Waals surface area contributed by atoms with E-state index in [1.54, 1.807) is 0 Å². The molecule has 1 aromatic rings. The molecule has 1 aromatic carbocycles. The van der Waals surface area contributed by atoms with Gasteiger partial charge in [-0.3, -0.25) is 0 Å². The molecule has 4 nitrogen and oxygen atoms in total. The topological polar surface area (TPSA) is 53.5 Å². The van der Waals surface area contributed by atoms with E-state index in [0.29, 0.717) is 30.6 Å². The Balaban J connectivity index is 1.28. The molecule has 5 rings (SSSR count). The summed E-state index contributed by atoms with van der Waals surface area (Å²) < 4.78 is 5.67. The van der Waals surface area contributed by atoms with E-state index in [0.717, 1.165) is 42.4 Å². The first-order chi connectivity index (χ1) is 16.9. The van der Waals surface area contributed by atoms with Gasteiger partial charge in [0.05, 0.1) is 12.2 Å². The van der Waals surface area contributed by atoms with Gasteiger partial charge in [-0.05, 0) is 130 Å². The number of nitrogens with one attached hydrogen (secondary N) is 2. The molecule has 4 fully saturated rings. The number of ether oxygens (including phenoxy) is 1. The van der Waals surface area contributed by atoms with Crippen LogP contribution in [0.15, 0.2) is 24.3 Å². The van der Waals surface area contributed by atoms with Crippen LogP contribution in [0.1, 0.15) is 85.0 Å². The van der Waals surface area contributed by atoms with Gasteiger partial charge in [0.1, 0.15) is 0 Å². The summed E-state index contributed by atoms with van der Waals surface area (Å²) in [5.74, 6) is 4.99. The third kappa shape index (κ3) is 4.75. The van der Waals surface area contributed by atoms with Gasteiger partial charge in [-0.25, -0.2) is 0 Å². The summed E-state index contributed by atoms with van der Waals surface area (Å²) in [6.07, 6.45) is 12.6. The van der Waals surface area contributed by atoms with Crippen molar-refractivity contribution >= 4 is 11.4 Å². The van der Waals surface area contributed by atoms with Crippen molar-refractivity contribution in [2.45, 2.75) is 96.6 Å². The number of hydrogen-bond donors (Lipinski definition) is 3. The summed E-state index contributed by atoms with van der Waals surface area (Å²) in [7, 11) is 2.00. The second kappa shape index (κ2) is 10.2. The second-order valence-corrected chi connectivity index (χ2v) is 12.8. The largest absolute Gasteiger partial charge is 0.388 e. The Bertz CT molecular complexity index is 860. The van der Waals surface area contributed by atoms with Gasteiger partial charge in [0, 0.05) is 31.1 Å². The molecule has 4 aliphatic rings. The van der Waals surface area contributed by atoms with Gasteiger partial charge in [-0.1, -0.05) is 19.9 Å². The number of aliphatic hydroxyl groups is 1. The highest BCUT2D eigenvalue weighted by Gasteiger charge is 2.58. The van der Waals surface area contributed by atoms with Gasteiger partial charge in [0.15, 0.2) is 0 Å². The summed E-state index contributed by atoms with van der Waals surface area (Å²) in [6.45, 7) is 8.31. The number of hydrogen-bond acceptors (Lipinski definition) is 4. The monoisotopic (exact) mass is 482 g/mol. The van der Waals surface area contributed by atoms with Crippen LogP contribution >= 0.6 is 0 Å². The average molecular weight is 483 g/mol. The van der Waals surface area contributed by atoms with Crippen LogP contribution in [0, 0.1) is 40.9 Å². The van der Waals surface area contributed by atoms with Crippen LogP contribution in [0.5, 0.6) is 0 Å². The van der Waals surface area contributed by atoms with Crippen molar-refractivity contribution in [3.63, 3.8) is 0 Å². The molecule has 9 atom stereocenters. The zero-order valence-electron chi connectivity index (χ0n) is 22.7. The molecular formula is C31H50N2O2. The molecule has 4 heteroatoms. The van der Waals surface area contributed by atoms with E-state index in [2.05, 4.69) is 48.7 Å². The van der Waals surface area contributed by atoms with Gasteiger partial charge in [0.2, 0.25) is 0 Å². The third-order valence-corrected chi connectivity index (χ3v) is 11.2. The van der Waals surface area contributed by atoms with Crippen LogP contribution in [-0.2, 0) is 4.74 Å². The second-order valence-electron chi connectivity index (χ2n) is 12.8. The standard InChI is InChI=1S/C31H50N2O2/c1-5-29(33-23-9-7-8-22(18-23)32-4)28-13-12-27-26-11-10-21-19-31(34,20-35-6-2)17-15-24(21)25(26)14-16-30(27,28)3/h7-9,18,21,24-29,32-34H,5-6,10-17,19-20H2,1-4H3/t21-,24+,25-,26-,27+,28-,29-,30+,31-/m1/s1. The molecule has 35 heavy (non-hydrogen) atoms. The maximum absolute atomic E-state index is 11.2. The molecule has 0 amide bonds. The van der Waals surface area contributed by atoms with E-state index in [1.165, 1.54) is 62.7 Å². The molecule has 196 valence electrons. The third-order valence-electron chi connectivity index (χ3n) is 11.2. The summed E-state index contributed by atoms with van der Waals surface area (Å²) in [5.41, 5.74) is 2.33. The van der Waals surface area contributed by atoms with E-state index < -0.39 is 5.60 Å². The first kappa shape index (κ1) is 25.4. The predicted molar refractivity (Wildman–Crippen MR) is 146 cm³/mol. The summed E-state index contributed by atoms with van der Waals surface area (Å²) in [6, 6.07) is 9.33. The number of rotatable bonds is 8. The Kier molecular flexibility index (Phi) is 7.43. The van der Waals surface area contributed by atoms with Crippen molar-refractivity contribution in [1.29, 1.82) is 0 Å². The molecule has 4 aliphatic carbocycles. The minimum absolute atomic E-state index is 0.465. The predicted octanol–water partition coefficient (Wildman–Crippen LogP) is 6.96. The fourth-order valence-electron chi connectivity index (χ4n) is 9.55. The smallest absolute Gasteiger partial charge is 0.0883 e. The first-order valence-electron chi connectivity index (χ1n) is 14.7. The van der Waals surface area contributed by atoms with Gasteiger partial charge in [-0.2, -0.15) is 0 Å². The highest BCUT2D eigenvalue weighted by atomic mass is 16.5. The lowest BCUT2D eigenvalue weighted by molar-refractivity contribution is -0.128. The van der Waals surface area contributed by atoms with Crippen molar-refractivity contribution in [2.24, 2.45) is 40.9 Å². The fourth-order valence-corrected chi connectivity index (χ4v) is 9.55. The molecule has 3 N–H and O–H groups in total. The van der Waals surface area contributed by atoms with Crippen LogP contribution in [0.3, 0.4) is 0 Å². The van der Waals surface area contributed by atoms with E-state index >= 15 is 0 Å². The molecule has 0 heterocycles. The molecule has 0 aliphatic heterocycles. The van der Waals surface area contributed by atoms with Crippen LogP contribution in [0.2, 0.25) is 0 Å². The van der Waals surface area contributed by atoms with Gasteiger partial charge in [-0.15, -0.1) is 0 Å². The Hall–Kier alpha value is -1.26. The van der Waals surface area contributed by atoms with E-state index in [-0.39, 0.29) is 0 Å². The van der Waals surface area contributed by atoms with E-state index in [9.17, 15) is 5.11 Å². The van der Waals surface area contributed by atoms with Gasteiger partial charge in [0.25, 0.3) is 0 Å². The molecule has 0 aromatic heterocycles. The van der Waals surface area contributed by atoms with Crippen LogP contribution in [-0.4, -0.2) is 37.0 Å². The molecule has 0 saturated heterocycles. The highest BCUT2D eigenvalue weighted by Crippen LogP contribution is 2.65. The average Bonchev–Trinajstić information content (AvgIpc) is 3.23. The highest BCUT2D eigenvalue weighted by molar-refractivity contribution is 5.56. The lowest BCUT2D eigenvalue weighted by Crippen LogP contribution is -2.52. The van der Waals surface area contributed by atoms with E-state index in [4.69, 9.17) is 4.74 Å². The first-order valence-corrected chi connectivity index (χ1v) is 14.7. The summed E-state index contributed by atoms with van der Waals surface area (Å²) in [5, 5.41) is 18.4. The zero-order valence-corrected chi connectivity index (χ0v) is 22.7. The normalized spacial score (nSPS) is 41.4. The molecule has 0 unspecified atom stereocenters. The van der Waals surface area contributed by atoms with Crippen LogP contribution in [0.25, 0.3) is 0 Å². The Morgan fingerprint density at radius 3 is 2.57 bits per heavy atom. The summed E-state index contributed by atoms with van der Waals surface area (Å²) in [4.78, 5) is 0. The quantitative estimate of drug-likeness (QED) is 0.375. The van der Waals surface area contributed by atoms with Crippen molar-refractivity contribution in [2.75, 3.05) is 30.9 Å².